The summed E-state index contributed by atoms with van der Waals surface area (Å²) in [5.74, 6) is -0.746. The van der Waals surface area contributed by atoms with E-state index < -0.39 is 11.9 Å². The number of fused-ring (bicyclic) bond motifs is 2. The summed E-state index contributed by atoms with van der Waals surface area (Å²) in [4.78, 5) is 27.1. The second-order valence-electron chi connectivity index (χ2n) is 6.07. The Balaban J connectivity index is 1.77. The van der Waals surface area contributed by atoms with E-state index >= 15 is 0 Å². The molecule has 1 aliphatic rings. The van der Waals surface area contributed by atoms with Gasteiger partial charge in [0.25, 0.3) is 5.91 Å². The topological polar surface area (TPSA) is 63.4 Å². The highest BCUT2D eigenvalue weighted by Gasteiger charge is 2.35. The van der Waals surface area contributed by atoms with E-state index in [0.717, 1.165) is 21.2 Å². The Morgan fingerprint density at radius 1 is 1.08 bits per heavy atom. The summed E-state index contributed by atoms with van der Waals surface area (Å²) in [6.07, 6.45) is 0.430. The molecule has 0 bridgehead atoms. The molecule has 1 unspecified atom stereocenters. The molecule has 6 heteroatoms. The Kier molecular flexibility index (Phi) is 3.98. The highest BCUT2D eigenvalue weighted by Crippen LogP contribution is 2.37. The van der Waals surface area contributed by atoms with Crippen molar-refractivity contribution >= 4 is 44.8 Å². The largest absolute Gasteiger partial charge is 0.368 e. The molecule has 2 amide bonds. The lowest BCUT2D eigenvalue weighted by Gasteiger charge is -2.34. The zero-order valence-electron chi connectivity index (χ0n) is 13.2. The molecule has 1 aliphatic heterocycles. The Morgan fingerprint density at radius 2 is 1.76 bits per heavy atom. The smallest absolute Gasteiger partial charge is 0.266 e. The van der Waals surface area contributed by atoms with Gasteiger partial charge in [0.2, 0.25) is 5.91 Å². The van der Waals surface area contributed by atoms with Gasteiger partial charge in [-0.3, -0.25) is 9.59 Å². The Labute approximate surface area is 153 Å². The van der Waals surface area contributed by atoms with Crippen LogP contribution in [0, 0.1) is 0 Å². The van der Waals surface area contributed by atoms with E-state index in [-0.39, 0.29) is 5.91 Å². The number of carbonyl (C=O) groups excluding carboxylic acids is 2. The van der Waals surface area contributed by atoms with E-state index in [9.17, 15) is 9.59 Å². The van der Waals surface area contributed by atoms with Crippen molar-refractivity contribution in [3.05, 3.63) is 69.6 Å². The van der Waals surface area contributed by atoms with Gasteiger partial charge in [-0.25, -0.2) is 0 Å². The molecule has 1 atom stereocenters. The lowest BCUT2D eigenvalue weighted by atomic mass is 9.93. The maximum atomic E-state index is 13.2. The number of benzene rings is 2. The molecule has 0 radical (unpaired) electrons. The minimum Gasteiger partial charge on any atom is -0.368 e. The van der Waals surface area contributed by atoms with Gasteiger partial charge in [-0.05, 0) is 17.2 Å². The molecular weight excluding hydrogens is 356 g/mol. The van der Waals surface area contributed by atoms with Crippen LogP contribution in [0.4, 0.5) is 0 Å². The molecule has 0 fully saturated rings. The average molecular weight is 371 g/mol. The molecule has 25 heavy (non-hydrogen) atoms. The van der Waals surface area contributed by atoms with E-state index in [1.54, 1.807) is 4.90 Å². The third-order valence-electron chi connectivity index (χ3n) is 4.57. The van der Waals surface area contributed by atoms with Crippen LogP contribution >= 0.6 is 22.9 Å². The van der Waals surface area contributed by atoms with Gasteiger partial charge in [0.15, 0.2) is 0 Å². The van der Waals surface area contributed by atoms with Crippen molar-refractivity contribution in [3.63, 3.8) is 0 Å². The van der Waals surface area contributed by atoms with Gasteiger partial charge in [0.1, 0.15) is 10.9 Å². The van der Waals surface area contributed by atoms with Gasteiger partial charge in [-0.2, -0.15) is 0 Å². The minimum atomic E-state index is -0.663. The van der Waals surface area contributed by atoms with Gasteiger partial charge in [0.05, 0.1) is 5.02 Å². The maximum Gasteiger partial charge on any atom is 0.266 e. The predicted molar refractivity (Wildman–Crippen MR) is 99.8 cm³/mol. The fraction of sp³-hybridized carbons (Fsp3) is 0.158. The monoisotopic (exact) mass is 370 g/mol. The molecule has 1 aromatic heterocycles. The Hall–Kier alpha value is -2.37. The molecule has 2 N–H and O–H groups in total. The zero-order valence-corrected chi connectivity index (χ0v) is 14.8. The lowest BCUT2D eigenvalue weighted by Crippen LogP contribution is -2.51. The van der Waals surface area contributed by atoms with Crippen LogP contribution in [0.5, 0.6) is 0 Å². The second kappa shape index (κ2) is 6.17. The summed E-state index contributed by atoms with van der Waals surface area (Å²) < 4.78 is 0.948. The van der Waals surface area contributed by atoms with Crippen molar-refractivity contribution in [1.29, 1.82) is 0 Å². The fourth-order valence-electron chi connectivity index (χ4n) is 3.27. The molecule has 4 nitrogen and oxygen atoms in total. The Morgan fingerprint density at radius 3 is 2.48 bits per heavy atom. The quantitative estimate of drug-likeness (QED) is 0.749. The highest BCUT2D eigenvalue weighted by molar-refractivity contribution is 7.21. The van der Waals surface area contributed by atoms with Gasteiger partial charge < -0.3 is 10.6 Å². The number of primary amides is 1. The molecule has 0 saturated carbocycles. The number of halogens is 1. The fourth-order valence-corrected chi connectivity index (χ4v) is 4.74. The third-order valence-corrected chi connectivity index (χ3v) is 6.23. The van der Waals surface area contributed by atoms with Crippen molar-refractivity contribution < 1.29 is 9.59 Å². The number of thiophene rings is 1. The molecule has 2 aromatic carbocycles. The van der Waals surface area contributed by atoms with Crippen molar-refractivity contribution in [2.45, 2.75) is 19.0 Å². The van der Waals surface area contributed by atoms with Crippen molar-refractivity contribution in [3.8, 4) is 0 Å². The maximum absolute atomic E-state index is 13.2. The highest BCUT2D eigenvalue weighted by atomic mass is 35.5. The van der Waals surface area contributed by atoms with Gasteiger partial charge in [0, 0.05) is 23.1 Å². The van der Waals surface area contributed by atoms with Gasteiger partial charge in [-0.1, -0.05) is 54.1 Å². The lowest BCUT2D eigenvalue weighted by molar-refractivity contribution is -0.122. The first-order valence-electron chi connectivity index (χ1n) is 7.90. The molecule has 3 aromatic rings. The number of rotatable bonds is 2. The number of nitrogens with zero attached hydrogens (tertiary/aromatic N) is 1. The number of hydrogen-bond acceptors (Lipinski definition) is 3. The number of hydrogen-bond donors (Lipinski definition) is 1. The van der Waals surface area contributed by atoms with E-state index in [2.05, 4.69) is 0 Å². The van der Waals surface area contributed by atoms with E-state index in [1.807, 2.05) is 48.5 Å². The van der Waals surface area contributed by atoms with E-state index in [1.165, 1.54) is 11.3 Å². The number of carbonyl (C=O) groups is 2. The number of amides is 2. The number of nitrogens with two attached hydrogens (primary N) is 1. The minimum absolute atomic E-state index is 0.246. The molecule has 4 rings (SSSR count). The van der Waals surface area contributed by atoms with Crippen LogP contribution in [0.1, 0.15) is 20.8 Å². The first kappa shape index (κ1) is 16.1. The summed E-state index contributed by atoms with van der Waals surface area (Å²) in [5, 5.41) is 1.29. The van der Waals surface area contributed by atoms with Crippen molar-refractivity contribution in [2.24, 2.45) is 5.73 Å². The zero-order chi connectivity index (χ0) is 17.6. The van der Waals surface area contributed by atoms with Crippen LogP contribution in [0.15, 0.2) is 48.5 Å². The van der Waals surface area contributed by atoms with Crippen molar-refractivity contribution in [2.75, 3.05) is 0 Å². The normalized spacial score (nSPS) is 16.7. The SMILES string of the molecule is NC(=O)C1Cc2ccccc2CN1C(=O)c1sc2ccccc2c1Cl. The summed E-state index contributed by atoms with van der Waals surface area (Å²) in [7, 11) is 0. The van der Waals surface area contributed by atoms with Gasteiger partial charge in [-0.15, -0.1) is 11.3 Å². The van der Waals surface area contributed by atoms with Crippen LogP contribution < -0.4 is 5.73 Å². The van der Waals surface area contributed by atoms with Crippen LogP contribution in [0.3, 0.4) is 0 Å². The molecular formula is C19H15ClN2O2S. The van der Waals surface area contributed by atoms with Crippen LogP contribution in [0.25, 0.3) is 10.1 Å². The van der Waals surface area contributed by atoms with Gasteiger partial charge >= 0.3 is 0 Å². The molecule has 0 aliphatic carbocycles. The summed E-state index contributed by atoms with van der Waals surface area (Å²) in [5.41, 5.74) is 7.67. The van der Waals surface area contributed by atoms with E-state index in [0.29, 0.717) is 22.9 Å². The molecule has 2 heterocycles. The predicted octanol–water partition coefficient (Wildman–Crippen LogP) is 3.61. The molecule has 0 saturated heterocycles. The average Bonchev–Trinajstić information content (AvgIpc) is 2.97. The first-order valence-corrected chi connectivity index (χ1v) is 9.10. The van der Waals surface area contributed by atoms with Crippen molar-refractivity contribution in [1.82, 2.24) is 4.90 Å². The standard InChI is InChI=1S/C19H15ClN2O2S/c20-16-13-7-3-4-8-15(13)25-17(16)19(24)22-10-12-6-2-1-5-11(12)9-14(22)18(21)23/h1-8,14H,9-10H2,(H2,21,23). The van der Waals surface area contributed by atoms with Crippen LogP contribution in [0.2, 0.25) is 5.02 Å². The third kappa shape index (κ3) is 2.69. The summed E-state index contributed by atoms with van der Waals surface area (Å²) in [6, 6.07) is 14.8. The Bertz CT molecular complexity index is 998. The van der Waals surface area contributed by atoms with Crippen LogP contribution in [-0.4, -0.2) is 22.8 Å². The second-order valence-corrected chi connectivity index (χ2v) is 7.50. The molecule has 0 spiro atoms. The van der Waals surface area contributed by atoms with Crippen LogP contribution in [-0.2, 0) is 17.8 Å². The first-order chi connectivity index (χ1) is 12.1. The van der Waals surface area contributed by atoms with E-state index in [4.69, 9.17) is 17.3 Å². The summed E-state index contributed by atoms with van der Waals surface area (Å²) in [6.45, 7) is 0.354. The summed E-state index contributed by atoms with van der Waals surface area (Å²) >= 11 is 7.79. The molecule has 126 valence electrons.